The molecule has 1 amide bonds. The van der Waals surface area contributed by atoms with E-state index in [-0.39, 0.29) is 6.10 Å². The second-order valence-corrected chi connectivity index (χ2v) is 6.03. The fourth-order valence-electron chi connectivity index (χ4n) is 3.66. The van der Waals surface area contributed by atoms with E-state index in [0.717, 1.165) is 51.5 Å². The Labute approximate surface area is 103 Å². The Morgan fingerprint density at radius 1 is 1.00 bits per heavy atom. The first-order chi connectivity index (χ1) is 8.27. The fraction of sp³-hybridized carbons (Fsp3) is 0.929. The number of rotatable bonds is 2. The molecule has 0 spiro atoms. The molecule has 3 rings (SSSR count). The number of hydrogen-bond donors (Lipinski definition) is 1. The number of aliphatic hydroxyl groups excluding tert-OH is 1. The predicted molar refractivity (Wildman–Crippen MR) is 65.4 cm³/mol. The number of aliphatic hydroxyl groups is 1. The van der Waals surface area contributed by atoms with Crippen LogP contribution in [0.25, 0.3) is 0 Å². The van der Waals surface area contributed by atoms with Gasteiger partial charge in [0, 0.05) is 24.4 Å². The molecule has 3 aliphatic rings. The molecule has 1 saturated heterocycles. The maximum atomic E-state index is 12.2. The molecule has 1 N–H and O–H groups in total. The summed E-state index contributed by atoms with van der Waals surface area (Å²) in [6.07, 6.45) is 8.69. The lowest BCUT2D eigenvalue weighted by molar-refractivity contribution is -0.135. The van der Waals surface area contributed by atoms with Crippen molar-refractivity contribution in [1.29, 1.82) is 0 Å². The lowest BCUT2D eigenvalue weighted by Crippen LogP contribution is -2.45. The molecule has 17 heavy (non-hydrogen) atoms. The van der Waals surface area contributed by atoms with Gasteiger partial charge in [-0.15, -0.1) is 0 Å². The van der Waals surface area contributed by atoms with E-state index in [2.05, 4.69) is 4.90 Å². The molecule has 2 aliphatic carbocycles. The first-order valence-corrected chi connectivity index (χ1v) is 7.26. The Morgan fingerprint density at radius 2 is 1.76 bits per heavy atom. The van der Waals surface area contributed by atoms with Gasteiger partial charge >= 0.3 is 0 Å². The Morgan fingerprint density at radius 3 is 2.47 bits per heavy atom. The SMILES string of the molecule is O=C(C1CC1)N1CCCC1C1CCCCC1O. The van der Waals surface area contributed by atoms with Crippen molar-refractivity contribution in [3.8, 4) is 0 Å². The topological polar surface area (TPSA) is 40.5 Å². The van der Waals surface area contributed by atoms with Gasteiger partial charge in [-0.1, -0.05) is 12.8 Å². The number of amides is 1. The molecule has 0 bridgehead atoms. The second-order valence-electron chi connectivity index (χ2n) is 6.03. The highest BCUT2D eigenvalue weighted by atomic mass is 16.3. The van der Waals surface area contributed by atoms with E-state index < -0.39 is 0 Å². The quantitative estimate of drug-likeness (QED) is 0.797. The Kier molecular flexibility index (Phi) is 3.12. The standard InChI is InChI=1S/C14H23NO2/c16-13-6-2-1-4-11(13)12-5-3-9-15(12)14(17)10-7-8-10/h10-13,16H,1-9H2. The minimum absolute atomic E-state index is 0.165. The van der Waals surface area contributed by atoms with Crippen LogP contribution in [0.4, 0.5) is 0 Å². The van der Waals surface area contributed by atoms with Crippen molar-refractivity contribution in [2.75, 3.05) is 6.54 Å². The summed E-state index contributed by atoms with van der Waals surface area (Å²) in [6.45, 7) is 0.934. The van der Waals surface area contributed by atoms with Crippen LogP contribution in [-0.4, -0.2) is 34.6 Å². The van der Waals surface area contributed by atoms with Crippen LogP contribution in [0, 0.1) is 11.8 Å². The van der Waals surface area contributed by atoms with Crippen molar-refractivity contribution in [3.63, 3.8) is 0 Å². The normalized spacial score (nSPS) is 38.4. The molecule has 2 saturated carbocycles. The van der Waals surface area contributed by atoms with Crippen molar-refractivity contribution in [1.82, 2.24) is 4.90 Å². The summed E-state index contributed by atoms with van der Waals surface area (Å²) in [6, 6.07) is 0.346. The van der Waals surface area contributed by atoms with Crippen LogP contribution in [0.1, 0.15) is 51.4 Å². The summed E-state index contributed by atoms with van der Waals surface area (Å²) in [4.78, 5) is 14.3. The van der Waals surface area contributed by atoms with Crippen LogP contribution in [0.5, 0.6) is 0 Å². The molecule has 3 atom stereocenters. The van der Waals surface area contributed by atoms with Gasteiger partial charge in [0.05, 0.1) is 6.10 Å². The summed E-state index contributed by atoms with van der Waals surface area (Å²) in [5.74, 6) is 1.07. The molecule has 0 radical (unpaired) electrons. The van der Waals surface area contributed by atoms with E-state index in [1.54, 1.807) is 0 Å². The van der Waals surface area contributed by atoms with Gasteiger partial charge in [-0.2, -0.15) is 0 Å². The smallest absolute Gasteiger partial charge is 0.225 e. The fourth-order valence-corrected chi connectivity index (χ4v) is 3.66. The minimum atomic E-state index is -0.165. The molecule has 1 heterocycles. The van der Waals surface area contributed by atoms with Crippen molar-refractivity contribution in [3.05, 3.63) is 0 Å². The van der Waals surface area contributed by atoms with Gasteiger partial charge in [-0.25, -0.2) is 0 Å². The zero-order valence-corrected chi connectivity index (χ0v) is 10.5. The summed E-state index contributed by atoms with van der Waals surface area (Å²) in [7, 11) is 0. The van der Waals surface area contributed by atoms with Crippen LogP contribution in [0.2, 0.25) is 0 Å². The van der Waals surface area contributed by atoms with Crippen LogP contribution < -0.4 is 0 Å². The Balaban J connectivity index is 1.69. The first kappa shape index (κ1) is 11.5. The average molecular weight is 237 g/mol. The third kappa shape index (κ3) is 2.22. The van der Waals surface area contributed by atoms with Crippen molar-refractivity contribution in [2.24, 2.45) is 11.8 Å². The van der Waals surface area contributed by atoms with Crippen LogP contribution in [0.3, 0.4) is 0 Å². The second kappa shape index (κ2) is 4.60. The molecular weight excluding hydrogens is 214 g/mol. The lowest BCUT2D eigenvalue weighted by Gasteiger charge is -2.37. The average Bonchev–Trinajstić information content (AvgIpc) is 3.07. The van der Waals surface area contributed by atoms with Gasteiger partial charge < -0.3 is 10.0 Å². The summed E-state index contributed by atoms with van der Waals surface area (Å²) in [5, 5.41) is 10.1. The summed E-state index contributed by atoms with van der Waals surface area (Å²) in [5.41, 5.74) is 0. The number of hydrogen-bond acceptors (Lipinski definition) is 2. The maximum absolute atomic E-state index is 12.2. The van der Waals surface area contributed by atoms with Crippen molar-refractivity contribution in [2.45, 2.75) is 63.5 Å². The van der Waals surface area contributed by atoms with Crippen LogP contribution in [-0.2, 0) is 4.79 Å². The summed E-state index contributed by atoms with van der Waals surface area (Å²) < 4.78 is 0. The van der Waals surface area contributed by atoms with E-state index in [1.165, 1.54) is 6.42 Å². The molecular formula is C14H23NO2. The number of nitrogens with zero attached hydrogens (tertiary/aromatic N) is 1. The van der Waals surface area contributed by atoms with Crippen molar-refractivity contribution < 1.29 is 9.90 Å². The van der Waals surface area contributed by atoms with Crippen molar-refractivity contribution >= 4 is 5.91 Å². The number of carbonyl (C=O) groups excluding carboxylic acids is 1. The molecule has 3 fully saturated rings. The minimum Gasteiger partial charge on any atom is -0.393 e. The molecule has 3 heteroatoms. The highest BCUT2D eigenvalue weighted by Gasteiger charge is 2.42. The molecule has 3 nitrogen and oxygen atoms in total. The van der Waals surface area contributed by atoms with Gasteiger partial charge in [0.25, 0.3) is 0 Å². The van der Waals surface area contributed by atoms with Gasteiger partial charge in [0.1, 0.15) is 0 Å². The van der Waals surface area contributed by atoms with E-state index >= 15 is 0 Å². The Bertz CT molecular complexity index is 301. The van der Waals surface area contributed by atoms with Gasteiger partial charge in [-0.05, 0) is 38.5 Å². The van der Waals surface area contributed by atoms with Gasteiger partial charge in [0.2, 0.25) is 5.91 Å². The summed E-state index contributed by atoms with van der Waals surface area (Å²) >= 11 is 0. The highest BCUT2D eigenvalue weighted by Crippen LogP contribution is 2.38. The monoisotopic (exact) mass is 237 g/mol. The third-order valence-corrected chi connectivity index (χ3v) is 4.78. The number of carbonyl (C=O) groups is 1. The van der Waals surface area contributed by atoms with E-state index in [0.29, 0.717) is 23.8 Å². The van der Waals surface area contributed by atoms with Crippen LogP contribution in [0.15, 0.2) is 0 Å². The third-order valence-electron chi connectivity index (χ3n) is 4.78. The molecule has 96 valence electrons. The predicted octanol–water partition coefficient (Wildman–Crippen LogP) is 1.94. The van der Waals surface area contributed by atoms with E-state index in [4.69, 9.17) is 0 Å². The zero-order valence-electron chi connectivity index (χ0n) is 10.5. The van der Waals surface area contributed by atoms with Gasteiger partial charge in [-0.3, -0.25) is 4.79 Å². The Hall–Kier alpha value is -0.570. The van der Waals surface area contributed by atoms with E-state index in [1.807, 2.05) is 0 Å². The molecule has 0 aromatic carbocycles. The first-order valence-electron chi connectivity index (χ1n) is 7.26. The lowest BCUT2D eigenvalue weighted by atomic mass is 9.80. The largest absolute Gasteiger partial charge is 0.393 e. The van der Waals surface area contributed by atoms with Crippen LogP contribution >= 0.6 is 0 Å². The molecule has 0 aromatic heterocycles. The molecule has 0 aromatic rings. The maximum Gasteiger partial charge on any atom is 0.225 e. The molecule has 1 aliphatic heterocycles. The zero-order chi connectivity index (χ0) is 11.8. The number of likely N-dealkylation sites (tertiary alicyclic amines) is 1. The highest BCUT2D eigenvalue weighted by molar-refractivity contribution is 5.81. The molecule has 3 unspecified atom stereocenters. The van der Waals surface area contributed by atoms with E-state index in [9.17, 15) is 9.90 Å². The van der Waals surface area contributed by atoms with Gasteiger partial charge in [0.15, 0.2) is 0 Å².